The molecular weight excluding hydrogens is 210 g/mol. The molecule has 1 fully saturated rings. The molecule has 1 aliphatic carbocycles. The zero-order valence-corrected chi connectivity index (χ0v) is 9.33. The average molecular weight is 222 g/mol. The van der Waals surface area contributed by atoms with Crippen molar-refractivity contribution in [2.45, 2.75) is 26.2 Å². The summed E-state index contributed by atoms with van der Waals surface area (Å²) in [6.07, 6.45) is 5.69. The standard InChI is InChI=1S/C11H12ClN3/c1-7-4-5-15-9(6-8-2-3-8)13-14-11(15)10(7)12/h4-5,8H,2-3,6H2,1H3. The van der Waals surface area contributed by atoms with E-state index < -0.39 is 0 Å². The maximum absolute atomic E-state index is 6.17. The Hall–Kier alpha value is -1.09. The van der Waals surface area contributed by atoms with Gasteiger partial charge in [0.15, 0.2) is 5.65 Å². The second-order valence-electron chi connectivity index (χ2n) is 4.27. The fraction of sp³-hybridized carbons (Fsp3) is 0.455. The lowest BCUT2D eigenvalue weighted by Gasteiger charge is -2.01. The summed E-state index contributed by atoms with van der Waals surface area (Å²) in [5, 5.41) is 9.06. The smallest absolute Gasteiger partial charge is 0.179 e. The van der Waals surface area contributed by atoms with Crippen molar-refractivity contribution in [2.75, 3.05) is 0 Å². The first-order valence-corrected chi connectivity index (χ1v) is 5.62. The van der Waals surface area contributed by atoms with E-state index in [1.54, 1.807) is 0 Å². The van der Waals surface area contributed by atoms with E-state index in [1.807, 2.05) is 23.6 Å². The summed E-state index contributed by atoms with van der Waals surface area (Å²) in [5.41, 5.74) is 1.84. The van der Waals surface area contributed by atoms with Crippen molar-refractivity contribution in [3.8, 4) is 0 Å². The molecule has 0 atom stereocenters. The molecule has 0 N–H and O–H groups in total. The van der Waals surface area contributed by atoms with Gasteiger partial charge in [0, 0.05) is 12.6 Å². The molecule has 0 amide bonds. The van der Waals surface area contributed by atoms with Gasteiger partial charge in [-0.25, -0.2) is 0 Å². The normalized spacial score (nSPS) is 16.1. The first-order chi connectivity index (χ1) is 7.25. The van der Waals surface area contributed by atoms with Gasteiger partial charge in [-0.2, -0.15) is 0 Å². The van der Waals surface area contributed by atoms with Crippen molar-refractivity contribution in [1.82, 2.24) is 14.6 Å². The number of aromatic nitrogens is 3. The first kappa shape index (κ1) is 9.16. The highest BCUT2D eigenvalue weighted by Crippen LogP contribution is 2.32. The van der Waals surface area contributed by atoms with Gasteiger partial charge in [-0.05, 0) is 37.3 Å². The predicted molar refractivity (Wildman–Crippen MR) is 59.2 cm³/mol. The molecule has 0 unspecified atom stereocenters. The van der Waals surface area contributed by atoms with Crippen LogP contribution in [0.15, 0.2) is 12.3 Å². The molecule has 0 spiro atoms. The number of hydrogen-bond acceptors (Lipinski definition) is 2. The summed E-state index contributed by atoms with van der Waals surface area (Å²) in [6, 6.07) is 2.01. The van der Waals surface area contributed by atoms with E-state index in [1.165, 1.54) is 12.8 Å². The third-order valence-electron chi connectivity index (χ3n) is 2.95. The predicted octanol–water partition coefficient (Wildman–Crippen LogP) is 2.64. The molecule has 2 aromatic heterocycles. The van der Waals surface area contributed by atoms with Crippen LogP contribution < -0.4 is 0 Å². The number of aryl methyl sites for hydroxylation is 1. The second-order valence-corrected chi connectivity index (χ2v) is 4.65. The Bertz CT molecular complexity index is 514. The summed E-state index contributed by atoms with van der Waals surface area (Å²) in [4.78, 5) is 0. The zero-order chi connectivity index (χ0) is 10.4. The van der Waals surface area contributed by atoms with E-state index in [0.29, 0.717) is 5.02 Å². The lowest BCUT2D eigenvalue weighted by molar-refractivity contribution is 0.758. The van der Waals surface area contributed by atoms with Crippen molar-refractivity contribution >= 4 is 17.2 Å². The monoisotopic (exact) mass is 221 g/mol. The SMILES string of the molecule is Cc1ccn2c(CC3CC3)nnc2c1Cl. The zero-order valence-electron chi connectivity index (χ0n) is 8.57. The molecule has 0 saturated heterocycles. The summed E-state index contributed by atoms with van der Waals surface area (Å²) in [7, 11) is 0. The molecule has 15 heavy (non-hydrogen) atoms. The van der Waals surface area contributed by atoms with Gasteiger partial charge >= 0.3 is 0 Å². The molecule has 3 nitrogen and oxygen atoms in total. The molecule has 0 aliphatic heterocycles. The highest BCUT2D eigenvalue weighted by atomic mass is 35.5. The van der Waals surface area contributed by atoms with Crippen LogP contribution in [0.25, 0.3) is 5.65 Å². The van der Waals surface area contributed by atoms with E-state index in [-0.39, 0.29) is 0 Å². The van der Waals surface area contributed by atoms with Crippen LogP contribution in [0.2, 0.25) is 5.02 Å². The van der Waals surface area contributed by atoms with E-state index in [0.717, 1.165) is 29.4 Å². The van der Waals surface area contributed by atoms with Crippen LogP contribution in [0.5, 0.6) is 0 Å². The summed E-state index contributed by atoms with van der Waals surface area (Å²) in [5.74, 6) is 1.85. The highest BCUT2D eigenvalue weighted by Gasteiger charge is 2.24. The highest BCUT2D eigenvalue weighted by molar-refractivity contribution is 6.34. The number of halogens is 1. The molecule has 78 valence electrons. The molecule has 2 aromatic rings. The van der Waals surface area contributed by atoms with Gasteiger partial charge in [-0.3, -0.25) is 4.40 Å². The van der Waals surface area contributed by atoms with Crippen LogP contribution in [-0.2, 0) is 6.42 Å². The van der Waals surface area contributed by atoms with Gasteiger partial charge in [0.25, 0.3) is 0 Å². The minimum atomic E-state index is 0.715. The fourth-order valence-electron chi connectivity index (χ4n) is 1.79. The van der Waals surface area contributed by atoms with Crippen molar-refractivity contribution in [3.63, 3.8) is 0 Å². The number of pyridine rings is 1. The number of nitrogens with zero attached hydrogens (tertiary/aromatic N) is 3. The minimum Gasteiger partial charge on any atom is -0.285 e. The van der Waals surface area contributed by atoms with Gasteiger partial charge in [0.05, 0.1) is 5.02 Å². The van der Waals surface area contributed by atoms with Gasteiger partial charge in [-0.1, -0.05) is 11.6 Å². The Morgan fingerprint density at radius 1 is 1.47 bits per heavy atom. The largest absolute Gasteiger partial charge is 0.285 e. The summed E-state index contributed by atoms with van der Waals surface area (Å²) < 4.78 is 2.01. The lowest BCUT2D eigenvalue weighted by atomic mass is 10.2. The van der Waals surface area contributed by atoms with Gasteiger partial charge in [0.1, 0.15) is 5.82 Å². The molecule has 0 bridgehead atoms. The molecular formula is C11H12ClN3. The van der Waals surface area contributed by atoms with E-state index in [9.17, 15) is 0 Å². The topological polar surface area (TPSA) is 30.2 Å². The maximum atomic E-state index is 6.17. The van der Waals surface area contributed by atoms with Crippen LogP contribution in [0.4, 0.5) is 0 Å². The second kappa shape index (κ2) is 3.20. The molecule has 4 heteroatoms. The molecule has 1 aliphatic rings. The van der Waals surface area contributed by atoms with Crippen LogP contribution in [0, 0.1) is 12.8 Å². The average Bonchev–Trinajstić information content (AvgIpc) is 2.93. The van der Waals surface area contributed by atoms with Crippen LogP contribution >= 0.6 is 11.6 Å². The van der Waals surface area contributed by atoms with Crippen molar-refractivity contribution in [2.24, 2.45) is 5.92 Å². The number of rotatable bonds is 2. The molecule has 2 heterocycles. The van der Waals surface area contributed by atoms with E-state index in [4.69, 9.17) is 11.6 Å². The fourth-order valence-corrected chi connectivity index (χ4v) is 1.98. The third-order valence-corrected chi connectivity index (χ3v) is 3.42. The Balaban J connectivity index is 2.12. The van der Waals surface area contributed by atoms with Crippen LogP contribution in [0.3, 0.4) is 0 Å². The molecule has 3 rings (SSSR count). The number of fused-ring (bicyclic) bond motifs is 1. The first-order valence-electron chi connectivity index (χ1n) is 5.24. The van der Waals surface area contributed by atoms with Gasteiger partial charge < -0.3 is 0 Å². The molecule has 0 radical (unpaired) electrons. The maximum Gasteiger partial charge on any atom is 0.179 e. The third kappa shape index (κ3) is 1.51. The Labute approximate surface area is 93.1 Å². The minimum absolute atomic E-state index is 0.715. The summed E-state index contributed by atoms with van der Waals surface area (Å²) in [6.45, 7) is 1.98. The van der Waals surface area contributed by atoms with Crippen LogP contribution in [-0.4, -0.2) is 14.6 Å². The van der Waals surface area contributed by atoms with Crippen molar-refractivity contribution in [1.29, 1.82) is 0 Å². The Kier molecular flexibility index (Phi) is 1.96. The lowest BCUT2D eigenvalue weighted by Crippen LogP contribution is -1.96. The van der Waals surface area contributed by atoms with Crippen LogP contribution in [0.1, 0.15) is 24.2 Å². The molecule has 0 aromatic carbocycles. The summed E-state index contributed by atoms with van der Waals surface area (Å²) >= 11 is 6.17. The quantitative estimate of drug-likeness (QED) is 0.781. The van der Waals surface area contributed by atoms with E-state index >= 15 is 0 Å². The number of hydrogen-bond donors (Lipinski definition) is 0. The molecule has 1 saturated carbocycles. The van der Waals surface area contributed by atoms with E-state index in [2.05, 4.69) is 10.2 Å². The van der Waals surface area contributed by atoms with Crippen molar-refractivity contribution < 1.29 is 0 Å². The Morgan fingerprint density at radius 2 is 2.27 bits per heavy atom. The Morgan fingerprint density at radius 3 is 3.00 bits per heavy atom. The van der Waals surface area contributed by atoms with Gasteiger partial charge in [-0.15, -0.1) is 10.2 Å². The van der Waals surface area contributed by atoms with Crippen molar-refractivity contribution in [3.05, 3.63) is 28.7 Å². The van der Waals surface area contributed by atoms with Gasteiger partial charge in [0.2, 0.25) is 0 Å².